The molecule has 7 nitrogen and oxygen atoms in total. The van der Waals surface area contributed by atoms with Crippen molar-refractivity contribution in [3.8, 4) is 22.8 Å². The summed E-state index contributed by atoms with van der Waals surface area (Å²) in [4.78, 5) is 25.6. The Bertz CT molecular complexity index is 1190. The number of amides is 1. The van der Waals surface area contributed by atoms with Crippen LogP contribution in [0.3, 0.4) is 0 Å². The molecule has 0 aliphatic carbocycles. The highest BCUT2D eigenvalue weighted by atomic mass is 16.6. The van der Waals surface area contributed by atoms with Gasteiger partial charge in [-0.3, -0.25) is 9.59 Å². The number of nitrogens with zero attached hydrogens (tertiary/aromatic N) is 2. The van der Waals surface area contributed by atoms with Crippen LogP contribution in [-0.2, 0) is 4.79 Å². The van der Waals surface area contributed by atoms with Crippen molar-refractivity contribution >= 4 is 11.6 Å². The van der Waals surface area contributed by atoms with Crippen LogP contribution in [0, 0.1) is 13.8 Å². The van der Waals surface area contributed by atoms with E-state index in [-0.39, 0.29) is 11.5 Å². The number of nitrogens with one attached hydrogen (secondary N) is 1. The molecule has 0 spiro atoms. The molecule has 0 bridgehead atoms. The highest BCUT2D eigenvalue weighted by molar-refractivity contribution is 5.94. The molecule has 1 aromatic heterocycles. The van der Waals surface area contributed by atoms with Gasteiger partial charge in [-0.2, -0.15) is 5.10 Å². The lowest BCUT2D eigenvalue weighted by Gasteiger charge is -2.20. The average molecular weight is 419 g/mol. The number of fused-ring (bicyclic) bond motifs is 1. The third-order valence-corrected chi connectivity index (χ3v) is 5.29. The van der Waals surface area contributed by atoms with Crippen molar-refractivity contribution in [1.29, 1.82) is 0 Å². The second-order valence-corrected chi connectivity index (χ2v) is 7.59. The van der Waals surface area contributed by atoms with Gasteiger partial charge in [0.25, 0.3) is 5.56 Å². The summed E-state index contributed by atoms with van der Waals surface area (Å²) < 4.78 is 12.4. The van der Waals surface area contributed by atoms with Crippen molar-refractivity contribution < 1.29 is 14.3 Å². The van der Waals surface area contributed by atoms with E-state index >= 15 is 0 Å². The third kappa shape index (κ3) is 4.30. The molecule has 1 amide bonds. The molecule has 1 unspecified atom stereocenters. The Morgan fingerprint density at radius 2 is 1.84 bits per heavy atom. The molecular weight excluding hydrogens is 394 g/mol. The zero-order valence-corrected chi connectivity index (χ0v) is 17.8. The number of carbonyl (C=O) groups is 1. The van der Waals surface area contributed by atoms with Gasteiger partial charge in [-0.25, -0.2) is 4.68 Å². The molecule has 1 aliphatic rings. The summed E-state index contributed by atoms with van der Waals surface area (Å²) in [6, 6.07) is 13.7. The van der Waals surface area contributed by atoms with Crippen LogP contribution >= 0.6 is 0 Å². The zero-order valence-electron chi connectivity index (χ0n) is 17.8. The van der Waals surface area contributed by atoms with Crippen LogP contribution in [-0.4, -0.2) is 28.9 Å². The molecule has 0 radical (unpaired) electrons. The van der Waals surface area contributed by atoms with Crippen molar-refractivity contribution in [2.45, 2.75) is 33.2 Å². The number of anilines is 1. The Morgan fingerprint density at radius 1 is 1.06 bits per heavy atom. The predicted molar refractivity (Wildman–Crippen MR) is 119 cm³/mol. The van der Waals surface area contributed by atoms with Crippen LogP contribution in [0.15, 0.2) is 53.3 Å². The number of aromatic nitrogens is 2. The second-order valence-electron chi connectivity index (χ2n) is 7.59. The average Bonchev–Trinajstić information content (AvgIpc) is 2.77. The normalized spacial score (nSPS) is 13.5. The number of aryl methyl sites for hydroxylation is 2. The number of carbonyl (C=O) groups excluding carboxylic acids is 1. The molecule has 0 fully saturated rings. The molecule has 0 saturated carbocycles. The molecular formula is C24H25N3O4. The summed E-state index contributed by atoms with van der Waals surface area (Å²) in [5.41, 5.74) is 4.01. The highest BCUT2D eigenvalue weighted by Gasteiger charge is 2.22. The van der Waals surface area contributed by atoms with Gasteiger partial charge < -0.3 is 14.8 Å². The number of benzene rings is 2. The minimum atomic E-state index is -0.745. The maximum atomic E-state index is 13.1. The van der Waals surface area contributed by atoms with Gasteiger partial charge in [-0.15, -0.1) is 0 Å². The fourth-order valence-corrected chi connectivity index (χ4v) is 3.62. The van der Waals surface area contributed by atoms with E-state index in [1.807, 2.05) is 39.0 Å². The van der Waals surface area contributed by atoms with Crippen molar-refractivity contribution in [3.05, 3.63) is 70.0 Å². The van der Waals surface area contributed by atoms with E-state index in [1.54, 1.807) is 24.3 Å². The summed E-state index contributed by atoms with van der Waals surface area (Å²) >= 11 is 0. The molecule has 4 rings (SSSR count). The lowest BCUT2D eigenvalue weighted by molar-refractivity contribution is -0.119. The van der Waals surface area contributed by atoms with E-state index in [2.05, 4.69) is 10.4 Å². The summed E-state index contributed by atoms with van der Waals surface area (Å²) in [5, 5.41) is 7.42. The lowest BCUT2D eigenvalue weighted by atomic mass is 10.0. The first-order chi connectivity index (χ1) is 15.0. The van der Waals surface area contributed by atoms with Gasteiger partial charge >= 0.3 is 0 Å². The van der Waals surface area contributed by atoms with E-state index in [0.717, 1.165) is 16.7 Å². The summed E-state index contributed by atoms with van der Waals surface area (Å²) in [7, 11) is 0. The molecule has 160 valence electrons. The standard InChI is InChI=1S/C24H25N3O4/c1-4-20(24(29)25-17-7-9-21-22(14-17)31-12-11-30-21)27-23(28)10-8-19(26-27)18-13-15(2)5-6-16(18)3/h5-10,13-14,20H,4,11-12H2,1-3H3,(H,25,29). The predicted octanol–water partition coefficient (Wildman–Crippen LogP) is 3.89. The molecule has 2 aromatic carbocycles. The SMILES string of the molecule is CCC(C(=O)Nc1ccc2c(c1)OCCO2)n1nc(-c2cc(C)ccc2C)ccc1=O. The zero-order chi connectivity index (χ0) is 22.0. The lowest BCUT2D eigenvalue weighted by Crippen LogP contribution is -2.34. The number of rotatable bonds is 5. The van der Waals surface area contributed by atoms with Crippen LogP contribution in [0.5, 0.6) is 11.5 Å². The summed E-state index contributed by atoms with van der Waals surface area (Å²) in [6.45, 7) is 6.83. The van der Waals surface area contributed by atoms with E-state index in [1.165, 1.54) is 10.7 Å². The Balaban J connectivity index is 1.63. The van der Waals surface area contributed by atoms with E-state index < -0.39 is 6.04 Å². The Kier molecular flexibility index (Phi) is 5.75. The Morgan fingerprint density at radius 3 is 2.61 bits per heavy atom. The first-order valence-corrected chi connectivity index (χ1v) is 10.3. The van der Waals surface area contributed by atoms with E-state index in [0.29, 0.717) is 42.5 Å². The minimum Gasteiger partial charge on any atom is -0.486 e. The molecule has 31 heavy (non-hydrogen) atoms. The quantitative estimate of drug-likeness (QED) is 0.679. The number of hydrogen-bond acceptors (Lipinski definition) is 5. The van der Waals surface area contributed by atoms with Crippen LogP contribution in [0.25, 0.3) is 11.3 Å². The van der Waals surface area contributed by atoms with Crippen molar-refractivity contribution in [1.82, 2.24) is 9.78 Å². The maximum absolute atomic E-state index is 13.1. The maximum Gasteiger partial charge on any atom is 0.267 e. The molecule has 7 heteroatoms. The largest absolute Gasteiger partial charge is 0.486 e. The van der Waals surface area contributed by atoms with E-state index in [9.17, 15) is 9.59 Å². The van der Waals surface area contributed by atoms with Gasteiger partial charge in [0.2, 0.25) is 5.91 Å². The van der Waals surface area contributed by atoms with Crippen LogP contribution in [0.2, 0.25) is 0 Å². The Hall–Kier alpha value is -3.61. The third-order valence-electron chi connectivity index (χ3n) is 5.29. The number of ether oxygens (including phenoxy) is 2. The molecule has 2 heterocycles. The summed E-state index contributed by atoms with van der Waals surface area (Å²) in [5.74, 6) is 0.923. The second kappa shape index (κ2) is 8.63. The monoisotopic (exact) mass is 419 g/mol. The fraction of sp³-hybridized carbons (Fsp3) is 0.292. The summed E-state index contributed by atoms with van der Waals surface area (Å²) in [6.07, 6.45) is 0.416. The first kappa shape index (κ1) is 20.7. The molecule has 1 aliphatic heterocycles. The molecule has 1 N–H and O–H groups in total. The van der Waals surface area contributed by atoms with Crippen molar-refractivity contribution in [2.24, 2.45) is 0 Å². The number of hydrogen-bond donors (Lipinski definition) is 1. The molecule has 0 saturated heterocycles. The van der Waals surface area contributed by atoms with Gasteiger partial charge in [-0.1, -0.05) is 24.6 Å². The fourth-order valence-electron chi connectivity index (χ4n) is 3.62. The van der Waals surface area contributed by atoms with E-state index in [4.69, 9.17) is 9.47 Å². The minimum absolute atomic E-state index is 0.313. The first-order valence-electron chi connectivity index (χ1n) is 10.3. The van der Waals surface area contributed by atoms with Crippen LogP contribution in [0.1, 0.15) is 30.5 Å². The molecule has 1 atom stereocenters. The van der Waals surface area contributed by atoms with Crippen LogP contribution < -0.4 is 20.3 Å². The van der Waals surface area contributed by atoms with Crippen LogP contribution in [0.4, 0.5) is 5.69 Å². The van der Waals surface area contributed by atoms with Crippen molar-refractivity contribution in [3.63, 3.8) is 0 Å². The smallest absolute Gasteiger partial charge is 0.267 e. The highest BCUT2D eigenvalue weighted by Crippen LogP contribution is 2.33. The van der Waals surface area contributed by atoms with Gasteiger partial charge in [0.1, 0.15) is 19.3 Å². The van der Waals surface area contributed by atoms with Crippen molar-refractivity contribution in [2.75, 3.05) is 18.5 Å². The Labute approximate surface area is 180 Å². The topological polar surface area (TPSA) is 82.4 Å². The molecule has 3 aromatic rings. The van der Waals surface area contributed by atoms with Gasteiger partial charge in [0.05, 0.1) is 5.69 Å². The van der Waals surface area contributed by atoms with Gasteiger partial charge in [0, 0.05) is 23.4 Å². The van der Waals surface area contributed by atoms with Gasteiger partial charge in [-0.05, 0) is 50.1 Å². The van der Waals surface area contributed by atoms with Gasteiger partial charge in [0.15, 0.2) is 11.5 Å².